The number of aliphatic imine (C=N–C) groups is 1. The molecule has 1 atom stereocenters. The fraction of sp³-hybridized carbons (Fsp3) is 0.111. The van der Waals surface area contributed by atoms with Crippen molar-refractivity contribution < 1.29 is 9.90 Å². The minimum Gasteiger partial charge on any atom is -0.511 e. The fourth-order valence-corrected chi connectivity index (χ4v) is 1.54. The summed E-state index contributed by atoms with van der Waals surface area (Å²) in [4.78, 5) is 14.7. The monoisotopic (exact) mass is 195 g/mol. The van der Waals surface area contributed by atoms with E-state index in [0.717, 1.165) is 6.08 Å². The summed E-state index contributed by atoms with van der Waals surface area (Å²) in [5.41, 5.74) is 0.425. The van der Waals surface area contributed by atoms with Crippen LogP contribution < -0.4 is 0 Å². The van der Waals surface area contributed by atoms with Crippen LogP contribution in [0.3, 0.4) is 0 Å². The summed E-state index contributed by atoms with van der Waals surface area (Å²) in [5.74, 6) is -0.821. The molecule has 0 aromatic rings. The van der Waals surface area contributed by atoms with Gasteiger partial charge in [-0.25, -0.2) is 4.99 Å². The van der Waals surface area contributed by atoms with E-state index in [2.05, 4.69) is 4.99 Å². The second-order valence-corrected chi connectivity index (χ2v) is 3.19. The van der Waals surface area contributed by atoms with Gasteiger partial charge in [0.2, 0.25) is 0 Å². The first-order valence-corrected chi connectivity index (χ1v) is 4.14. The number of hydrogen-bond acceptors (Lipinski definition) is 2. The first-order chi connectivity index (χ1) is 6.18. The molecule has 1 N–H and O–H groups in total. The van der Waals surface area contributed by atoms with Gasteiger partial charge in [0.25, 0.3) is 5.91 Å². The van der Waals surface area contributed by atoms with E-state index in [1.165, 1.54) is 0 Å². The summed E-state index contributed by atoms with van der Waals surface area (Å²) in [6.07, 6.45) is 6.21. The van der Waals surface area contributed by atoms with Crippen LogP contribution in [0.5, 0.6) is 0 Å². The fourth-order valence-electron chi connectivity index (χ4n) is 1.31. The first-order valence-electron chi connectivity index (χ1n) is 3.76. The SMILES string of the molecule is O=C1C=C(O)C2C=CC=C(Cl)C2=N1. The van der Waals surface area contributed by atoms with Gasteiger partial charge in [0.15, 0.2) is 0 Å². The van der Waals surface area contributed by atoms with Gasteiger partial charge in [-0.15, -0.1) is 0 Å². The predicted molar refractivity (Wildman–Crippen MR) is 49.7 cm³/mol. The maximum absolute atomic E-state index is 10.9. The Morgan fingerprint density at radius 2 is 2.31 bits per heavy atom. The lowest BCUT2D eigenvalue weighted by Crippen LogP contribution is -2.23. The molecule has 1 heterocycles. The molecule has 1 amide bonds. The van der Waals surface area contributed by atoms with E-state index in [9.17, 15) is 9.90 Å². The third kappa shape index (κ3) is 1.31. The van der Waals surface area contributed by atoms with Gasteiger partial charge in [-0.1, -0.05) is 23.8 Å². The first kappa shape index (κ1) is 8.26. The van der Waals surface area contributed by atoms with Gasteiger partial charge >= 0.3 is 0 Å². The quantitative estimate of drug-likeness (QED) is 0.640. The molecule has 0 bridgehead atoms. The molecule has 0 saturated heterocycles. The van der Waals surface area contributed by atoms with E-state index >= 15 is 0 Å². The Labute approximate surface area is 79.7 Å². The Bertz CT molecular complexity index is 390. The molecule has 1 aliphatic carbocycles. The second-order valence-electron chi connectivity index (χ2n) is 2.78. The van der Waals surface area contributed by atoms with Gasteiger partial charge in [0.05, 0.1) is 16.7 Å². The van der Waals surface area contributed by atoms with Crippen molar-refractivity contribution in [2.24, 2.45) is 10.9 Å². The van der Waals surface area contributed by atoms with Crippen molar-refractivity contribution in [3.63, 3.8) is 0 Å². The van der Waals surface area contributed by atoms with Crippen molar-refractivity contribution in [3.8, 4) is 0 Å². The average Bonchev–Trinajstić information content (AvgIpc) is 2.07. The van der Waals surface area contributed by atoms with Crippen LogP contribution in [-0.2, 0) is 4.79 Å². The summed E-state index contributed by atoms with van der Waals surface area (Å²) in [6, 6.07) is 0. The van der Waals surface area contributed by atoms with E-state index in [1.807, 2.05) is 0 Å². The van der Waals surface area contributed by atoms with Gasteiger partial charge in [0, 0.05) is 6.08 Å². The number of fused-ring (bicyclic) bond motifs is 1. The van der Waals surface area contributed by atoms with E-state index in [0.29, 0.717) is 10.7 Å². The topological polar surface area (TPSA) is 49.7 Å². The lowest BCUT2D eigenvalue weighted by molar-refractivity contribution is -0.113. The second kappa shape index (κ2) is 2.85. The molecular formula is C9H6ClNO2. The standard InChI is InChI=1S/C9H6ClNO2/c10-6-3-1-2-5-7(12)4-8(13)11-9(5)6/h1-5,12H. The Balaban J connectivity index is 2.48. The zero-order valence-corrected chi connectivity index (χ0v) is 7.32. The minimum atomic E-state index is -0.467. The number of dihydropyridines is 1. The average molecular weight is 196 g/mol. The number of aliphatic hydroxyl groups excluding tert-OH is 1. The summed E-state index contributed by atoms with van der Waals surface area (Å²) in [5, 5.41) is 9.82. The van der Waals surface area contributed by atoms with Crippen LogP contribution in [-0.4, -0.2) is 16.7 Å². The summed E-state index contributed by atoms with van der Waals surface area (Å²) in [7, 11) is 0. The number of aliphatic hydroxyl groups is 1. The van der Waals surface area contributed by atoms with Gasteiger partial charge in [0.1, 0.15) is 5.76 Å². The minimum absolute atomic E-state index is 0.00231. The van der Waals surface area contributed by atoms with Crippen molar-refractivity contribution in [2.45, 2.75) is 0 Å². The molecular weight excluding hydrogens is 190 g/mol. The maximum atomic E-state index is 10.9. The Morgan fingerprint density at radius 3 is 3.08 bits per heavy atom. The van der Waals surface area contributed by atoms with Crippen LogP contribution in [0.15, 0.2) is 40.1 Å². The lowest BCUT2D eigenvalue weighted by Gasteiger charge is -2.19. The number of hydrogen-bond donors (Lipinski definition) is 1. The van der Waals surface area contributed by atoms with Crippen molar-refractivity contribution >= 4 is 23.2 Å². The Kier molecular flexibility index (Phi) is 1.81. The molecule has 0 spiro atoms. The third-order valence-electron chi connectivity index (χ3n) is 1.91. The van der Waals surface area contributed by atoms with E-state index in [1.54, 1.807) is 18.2 Å². The van der Waals surface area contributed by atoms with E-state index < -0.39 is 5.91 Å². The number of amides is 1. The number of allylic oxidation sites excluding steroid dienone is 4. The van der Waals surface area contributed by atoms with Crippen molar-refractivity contribution in [1.29, 1.82) is 0 Å². The number of carbonyl (C=O) groups excluding carboxylic acids is 1. The molecule has 0 fully saturated rings. The normalized spacial score (nSPS) is 26.1. The van der Waals surface area contributed by atoms with Crippen LogP contribution in [0, 0.1) is 5.92 Å². The largest absolute Gasteiger partial charge is 0.511 e. The molecule has 0 saturated carbocycles. The third-order valence-corrected chi connectivity index (χ3v) is 2.23. The molecule has 1 unspecified atom stereocenters. The number of carbonyl (C=O) groups is 1. The highest BCUT2D eigenvalue weighted by atomic mass is 35.5. The Hall–Kier alpha value is -1.35. The highest BCUT2D eigenvalue weighted by Crippen LogP contribution is 2.26. The number of nitrogens with zero attached hydrogens (tertiary/aromatic N) is 1. The maximum Gasteiger partial charge on any atom is 0.273 e. The van der Waals surface area contributed by atoms with Crippen LogP contribution in [0.1, 0.15) is 0 Å². The summed E-state index contributed by atoms with van der Waals surface area (Å²) >= 11 is 5.81. The Morgan fingerprint density at radius 1 is 1.54 bits per heavy atom. The zero-order chi connectivity index (χ0) is 9.42. The zero-order valence-electron chi connectivity index (χ0n) is 6.57. The lowest BCUT2D eigenvalue weighted by atomic mass is 9.94. The van der Waals surface area contributed by atoms with Crippen LogP contribution in [0.2, 0.25) is 0 Å². The summed E-state index contributed by atoms with van der Waals surface area (Å²) < 4.78 is 0. The molecule has 3 nitrogen and oxygen atoms in total. The van der Waals surface area contributed by atoms with Crippen LogP contribution in [0.4, 0.5) is 0 Å². The molecule has 13 heavy (non-hydrogen) atoms. The predicted octanol–water partition coefficient (Wildman–Crippen LogP) is 1.72. The highest BCUT2D eigenvalue weighted by molar-refractivity contribution is 6.45. The molecule has 4 heteroatoms. The van der Waals surface area contributed by atoms with E-state index in [4.69, 9.17) is 11.6 Å². The number of rotatable bonds is 0. The van der Waals surface area contributed by atoms with Crippen molar-refractivity contribution in [1.82, 2.24) is 0 Å². The molecule has 0 aromatic heterocycles. The smallest absolute Gasteiger partial charge is 0.273 e. The molecule has 2 rings (SSSR count). The highest BCUT2D eigenvalue weighted by Gasteiger charge is 2.27. The molecule has 66 valence electrons. The van der Waals surface area contributed by atoms with Gasteiger partial charge in [-0.3, -0.25) is 4.79 Å². The molecule has 1 aliphatic heterocycles. The molecule has 2 aliphatic rings. The van der Waals surface area contributed by atoms with Gasteiger partial charge in [-0.2, -0.15) is 0 Å². The van der Waals surface area contributed by atoms with Crippen molar-refractivity contribution in [3.05, 3.63) is 35.1 Å². The molecule has 0 radical (unpaired) electrons. The number of halogens is 1. The summed E-state index contributed by atoms with van der Waals surface area (Å²) in [6.45, 7) is 0. The van der Waals surface area contributed by atoms with Crippen LogP contribution in [0.25, 0.3) is 0 Å². The van der Waals surface area contributed by atoms with Gasteiger partial charge in [-0.05, 0) is 6.08 Å². The van der Waals surface area contributed by atoms with Crippen LogP contribution >= 0.6 is 11.6 Å². The van der Waals surface area contributed by atoms with Gasteiger partial charge < -0.3 is 5.11 Å². The van der Waals surface area contributed by atoms with E-state index in [-0.39, 0.29) is 11.7 Å². The van der Waals surface area contributed by atoms with Crippen molar-refractivity contribution in [2.75, 3.05) is 0 Å². The molecule has 0 aromatic carbocycles.